The summed E-state index contributed by atoms with van der Waals surface area (Å²) in [7, 11) is 2.94. The predicted molar refractivity (Wildman–Crippen MR) is 24.3 cm³/mol. The molecular weight excluding hydrogens is 132 g/mol. The van der Waals surface area contributed by atoms with Gasteiger partial charge in [-0.1, -0.05) is 15.9 Å². The number of rotatable bonds is 0. The molecule has 0 saturated carbocycles. The van der Waals surface area contributed by atoms with Crippen molar-refractivity contribution in [1.82, 2.24) is 0 Å². The maximum Gasteiger partial charge on any atom is 0.103 e. The first-order valence-electron chi connectivity index (χ1n) is 0.757. The average molecular weight is 133 g/mol. The Hall–Kier alpha value is 0.347. The fourth-order valence-electron chi connectivity index (χ4n) is 0. The third-order valence-corrected chi connectivity index (χ3v) is 0.850. The van der Waals surface area contributed by atoms with Crippen molar-refractivity contribution in [2.45, 2.75) is 0 Å². The molecule has 0 aliphatic heterocycles. The van der Waals surface area contributed by atoms with E-state index < -0.39 is 0 Å². The van der Waals surface area contributed by atoms with Gasteiger partial charge >= 0.3 is 0 Å². The van der Waals surface area contributed by atoms with Crippen LogP contribution in [-0.4, -0.2) is 15.2 Å². The molecule has 4 heavy (non-hydrogen) atoms. The minimum Gasteiger partial charge on any atom is -0.147 e. The highest BCUT2D eigenvalue weighted by Crippen LogP contribution is 1.67. The van der Waals surface area contributed by atoms with Crippen LogP contribution in [0.1, 0.15) is 0 Å². The summed E-state index contributed by atoms with van der Waals surface area (Å²) in [6.45, 7) is 0. The third kappa shape index (κ3) is 2.35. The Morgan fingerprint density at radius 2 is 2.25 bits per heavy atom. The second kappa shape index (κ2) is 3.35. The van der Waals surface area contributed by atoms with Gasteiger partial charge in [0.1, 0.15) is 9.85 Å². The van der Waals surface area contributed by atoms with E-state index in [2.05, 4.69) is 31.1 Å². The fourth-order valence-corrected chi connectivity index (χ4v) is 0. The molecule has 0 bridgehead atoms. The van der Waals surface area contributed by atoms with Gasteiger partial charge in [0, 0.05) is 4.99 Å². The van der Waals surface area contributed by atoms with Gasteiger partial charge in [-0.25, -0.2) is 0 Å². The Morgan fingerprint density at radius 1 is 2.00 bits per heavy atom. The summed E-state index contributed by atoms with van der Waals surface area (Å²) in [6.07, 6.45) is 0. The van der Waals surface area contributed by atoms with Crippen molar-refractivity contribution in [3.05, 3.63) is 4.99 Å². The molecule has 0 unspecified atom stereocenters. The van der Waals surface area contributed by atoms with Gasteiger partial charge in [0.05, 0.1) is 0 Å². The molecule has 0 atom stereocenters. The largest absolute Gasteiger partial charge is 0.147 e. The van der Waals surface area contributed by atoms with Gasteiger partial charge in [-0.15, -0.1) is 5.33 Å². The highest BCUT2D eigenvalue weighted by atomic mass is 79.9. The van der Waals surface area contributed by atoms with Crippen molar-refractivity contribution in [2.24, 2.45) is 0 Å². The predicted octanol–water partition coefficient (Wildman–Crippen LogP) is 0.465. The molecule has 0 aliphatic rings. The van der Waals surface area contributed by atoms with Crippen molar-refractivity contribution >= 4 is 31.1 Å². The summed E-state index contributed by atoms with van der Waals surface area (Å²) in [5.41, 5.74) is 0. The highest BCUT2D eigenvalue weighted by Gasteiger charge is 1.27. The molecule has 0 aromatic rings. The maximum atomic E-state index is 2.96. The van der Waals surface area contributed by atoms with E-state index in [9.17, 15) is 0 Å². The van der Waals surface area contributed by atoms with Crippen LogP contribution in [0.3, 0.4) is 0 Å². The molecule has 0 saturated heterocycles. The molecule has 0 rings (SSSR count). The van der Waals surface area contributed by atoms with Gasteiger partial charge in [-0.05, 0) is 0 Å². The summed E-state index contributed by atoms with van der Waals surface area (Å²) in [6, 6.07) is 0. The highest BCUT2D eigenvalue weighted by molar-refractivity contribution is 9.11. The summed E-state index contributed by atoms with van der Waals surface area (Å²) in [5, 5.41) is 2.53. The van der Waals surface area contributed by atoms with Crippen LogP contribution in [0, 0.1) is 0 Å². The van der Waals surface area contributed by atoms with E-state index in [0.717, 1.165) is 0 Å². The van der Waals surface area contributed by atoms with E-state index in [1.54, 1.807) is 4.99 Å². The molecular formula is C2HBrSi. The smallest absolute Gasteiger partial charge is 0.103 e. The molecule has 0 amide bonds. The second-order valence-electron chi connectivity index (χ2n) is 0.253. The van der Waals surface area contributed by atoms with Crippen molar-refractivity contribution in [1.29, 1.82) is 0 Å². The van der Waals surface area contributed by atoms with E-state index >= 15 is 0 Å². The molecule has 0 aromatic heterocycles. The van der Waals surface area contributed by atoms with Crippen LogP contribution < -0.4 is 0 Å². The lowest BCUT2D eigenvalue weighted by molar-refractivity contribution is 3.06. The van der Waals surface area contributed by atoms with E-state index in [1.165, 1.54) is 0 Å². The fraction of sp³-hybridized carbons (Fsp3) is 0. The summed E-state index contributed by atoms with van der Waals surface area (Å²) < 4.78 is 0. The van der Waals surface area contributed by atoms with E-state index in [-0.39, 0.29) is 0 Å². The standard InChI is InChI=1S/C2HBrSi/c3-1-2-4/h1H. The zero-order chi connectivity index (χ0) is 3.41. The molecule has 0 fully saturated rings. The molecule has 0 aromatic carbocycles. The first-order valence-corrected chi connectivity index (χ1v) is 2.17. The van der Waals surface area contributed by atoms with Crippen LogP contribution in [0.2, 0.25) is 0 Å². The molecule has 0 N–H and O–H groups in total. The summed E-state index contributed by atoms with van der Waals surface area (Å²) in [4.78, 5) is 1.60. The topological polar surface area (TPSA) is 0 Å². The first kappa shape index (κ1) is 4.35. The molecule has 0 aliphatic carbocycles. The third-order valence-electron chi connectivity index (χ3n) is 0.0546. The summed E-state index contributed by atoms with van der Waals surface area (Å²) in [5.74, 6) is 0. The number of hydrogen-bond donors (Lipinski definition) is 0. The van der Waals surface area contributed by atoms with E-state index in [4.69, 9.17) is 0 Å². The van der Waals surface area contributed by atoms with Crippen LogP contribution >= 0.6 is 15.9 Å². The first-order chi connectivity index (χ1) is 1.91. The Bertz CT molecular complexity index is 44.0. The van der Waals surface area contributed by atoms with Crippen LogP contribution in [-0.2, 0) is 0 Å². The zero-order valence-corrected chi connectivity index (χ0v) is 4.54. The van der Waals surface area contributed by atoms with Crippen molar-refractivity contribution in [3.8, 4) is 0 Å². The SMILES string of the molecule is [Si]=C=CBr. The average Bonchev–Trinajstić information content (AvgIpc) is 1.37. The van der Waals surface area contributed by atoms with Crippen LogP contribution in [0.4, 0.5) is 0 Å². The lowest BCUT2D eigenvalue weighted by atomic mass is 11.3. The van der Waals surface area contributed by atoms with Gasteiger partial charge in [-0.3, -0.25) is 0 Å². The Balaban J connectivity index is 3.11. The maximum absolute atomic E-state index is 2.96. The number of halogens is 1. The van der Waals surface area contributed by atoms with Crippen LogP contribution in [0.5, 0.6) is 0 Å². The van der Waals surface area contributed by atoms with Crippen LogP contribution in [0.15, 0.2) is 4.99 Å². The minimum atomic E-state index is 1.60. The molecule has 2 radical (unpaired) electrons. The lowest BCUT2D eigenvalue weighted by Crippen LogP contribution is -1.31. The van der Waals surface area contributed by atoms with Gasteiger partial charge in [0.15, 0.2) is 0 Å². The Morgan fingerprint density at radius 3 is 2.25 bits per heavy atom. The van der Waals surface area contributed by atoms with Gasteiger partial charge in [0.25, 0.3) is 0 Å². The van der Waals surface area contributed by atoms with Crippen molar-refractivity contribution in [2.75, 3.05) is 0 Å². The van der Waals surface area contributed by atoms with Crippen LogP contribution in [0.25, 0.3) is 0 Å². The molecule has 20 valence electrons. The van der Waals surface area contributed by atoms with Crippen molar-refractivity contribution < 1.29 is 0 Å². The van der Waals surface area contributed by atoms with Crippen molar-refractivity contribution in [3.63, 3.8) is 0 Å². The zero-order valence-electron chi connectivity index (χ0n) is 1.96. The van der Waals surface area contributed by atoms with Gasteiger partial charge in [0.2, 0.25) is 0 Å². The monoisotopic (exact) mass is 132 g/mol. The molecule has 0 nitrogen and oxygen atoms in total. The quantitative estimate of drug-likeness (QED) is 0.421. The Labute approximate surface area is 36.7 Å². The lowest BCUT2D eigenvalue weighted by Gasteiger charge is -1.34. The van der Waals surface area contributed by atoms with Gasteiger partial charge < -0.3 is 0 Å². The number of hydrogen-bond acceptors (Lipinski definition) is 0. The molecule has 2 heteroatoms. The second-order valence-corrected chi connectivity index (χ2v) is 1.000. The van der Waals surface area contributed by atoms with Gasteiger partial charge in [-0.2, -0.15) is 0 Å². The normalized spacial score (nSPS) is 4.25. The van der Waals surface area contributed by atoms with E-state index in [0.29, 0.717) is 0 Å². The van der Waals surface area contributed by atoms with E-state index in [1.807, 2.05) is 0 Å². The molecule has 0 spiro atoms. The molecule has 0 heterocycles. The minimum absolute atomic E-state index is 1.60. The summed E-state index contributed by atoms with van der Waals surface area (Å²) >= 11 is 2.96. The Kier molecular flexibility index (Phi) is 3.64.